The average Bonchev–Trinajstić information content (AvgIpc) is 3.98. The Morgan fingerprint density at radius 3 is 1.81 bits per heavy atom. The molecule has 1 aromatic carbocycles. The summed E-state index contributed by atoms with van der Waals surface area (Å²) in [5.74, 6) is -2.64. The van der Waals surface area contributed by atoms with Gasteiger partial charge >= 0.3 is 31.4 Å². The topological polar surface area (TPSA) is 170 Å². The summed E-state index contributed by atoms with van der Waals surface area (Å²) in [7, 11) is 0. The maximum Gasteiger partial charge on any atom is 2.00 e. The van der Waals surface area contributed by atoms with E-state index in [0.29, 0.717) is 11.4 Å². The fourth-order valence-corrected chi connectivity index (χ4v) is 6.57. The van der Waals surface area contributed by atoms with Crippen molar-refractivity contribution in [2.75, 3.05) is 0 Å². The molecule has 6 aromatic rings. The van der Waals surface area contributed by atoms with Crippen molar-refractivity contribution in [1.29, 1.82) is 0 Å². The molecule has 15 heteroatoms. The van der Waals surface area contributed by atoms with E-state index in [-0.39, 0.29) is 31.5 Å². The monoisotopic (exact) mass is 912 g/mol. The standard InChI is InChI=1S/C28H20N2S2.C12H10N2O4.2CNS.Ru/c1-2-20-9-11-29-25(17-20)26-18-21(10-12-30-26)7-8-22-15-23(27-5-3-13-31-27)19-24(16-22)28-6-4-14-32-28;15-11(16)7-1-3-13-9(5-7)10-6-8(12(17)18)2-4-14-10;2*2-1-3;/h2-19H,1H2;1-5,8H,6H2,(H,15,16)(H,17,18);;;/q;;2*-1;+2/b8-7+;;;;. The van der Waals surface area contributed by atoms with Crippen LogP contribution < -0.4 is 0 Å². The molecule has 1 atom stereocenters. The predicted molar refractivity (Wildman–Crippen MR) is 234 cm³/mol. The molecule has 0 fully saturated rings. The zero-order chi connectivity index (χ0) is 40.3. The first kappa shape index (κ1) is 45.5. The van der Waals surface area contributed by atoms with Gasteiger partial charge in [0.2, 0.25) is 0 Å². The Bertz CT molecular complexity index is 2390. The summed E-state index contributed by atoms with van der Waals surface area (Å²) in [5, 5.41) is 39.0. The fraction of sp³-hybridized carbons (Fsp3) is 0.0476. The largest absolute Gasteiger partial charge is 2.00 e. The van der Waals surface area contributed by atoms with Crippen molar-refractivity contribution >= 4 is 93.3 Å². The second-order valence-corrected chi connectivity index (χ2v) is 13.5. The van der Waals surface area contributed by atoms with Gasteiger partial charge in [0.15, 0.2) is 0 Å². The number of aromatic nitrogens is 3. The van der Waals surface area contributed by atoms with E-state index in [2.05, 4.69) is 122 Å². The van der Waals surface area contributed by atoms with Crippen molar-refractivity contribution in [2.45, 2.75) is 6.42 Å². The van der Waals surface area contributed by atoms with Crippen molar-refractivity contribution in [1.82, 2.24) is 15.0 Å². The Kier molecular flexibility index (Phi) is 19.1. The third-order valence-electron chi connectivity index (χ3n) is 7.68. The first-order valence-electron chi connectivity index (χ1n) is 16.3. The zero-order valence-corrected chi connectivity index (χ0v) is 34.7. The summed E-state index contributed by atoms with van der Waals surface area (Å²) in [4.78, 5) is 41.3. The summed E-state index contributed by atoms with van der Waals surface area (Å²) < 4.78 is 0. The van der Waals surface area contributed by atoms with Crippen LogP contribution in [0.3, 0.4) is 0 Å². The maximum atomic E-state index is 10.9. The van der Waals surface area contributed by atoms with E-state index in [1.165, 1.54) is 67.4 Å². The summed E-state index contributed by atoms with van der Waals surface area (Å²) in [5.41, 5.74) is 8.44. The predicted octanol–water partition coefficient (Wildman–Crippen LogP) is 10.9. The van der Waals surface area contributed by atoms with Crippen LogP contribution in [0.25, 0.3) is 61.3 Å². The number of thiophene rings is 2. The quantitative estimate of drug-likeness (QED) is 0.0814. The Balaban J connectivity index is 0.000000295. The molecule has 57 heavy (non-hydrogen) atoms. The number of nitrogens with zero attached hydrogens (tertiary/aromatic N) is 6. The third kappa shape index (κ3) is 14.0. The van der Waals surface area contributed by atoms with Gasteiger partial charge in [-0.25, -0.2) is 4.79 Å². The molecule has 10 nitrogen and oxygen atoms in total. The molecule has 0 spiro atoms. The number of isothiocyanates is 2. The van der Waals surface area contributed by atoms with Crippen LogP contribution in [0.1, 0.15) is 39.2 Å². The zero-order valence-electron chi connectivity index (χ0n) is 29.7. The van der Waals surface area contributed by atoms with Crippen LogP contribution in [-0.2, 0) is 24.3 Å². The molecule has 0 saturated carbocycles. The number of carboxylic acids is 2. The molecule has 5 aromatic heterocycles. The minimum absolute atomic E-state index is 0. The van der Waals surface area contributed by atoms with Crippen molar-refractivity contribution in [3.63, 3.8) is 0 Å². The van der Waals surface area contributed by atoms with E-state index in [1.54, 1.807) is 28.9 Å². The van der Waals surface area contributed by atoms with Gasteiger partial charge in [0, 0.05) is 41.0 Å². The summed E-state index contributed by atoms with van der Waals surface area (Å²) >= 11 is 10.9. The van der Waals surface area contributed by atoms with Gasteiger partial charge in [-0.15, -0.1) is 22.7 Å². The molecule has 6 heterocycles. The molecule has 1 aliphatic rings. The summed E-state index contributed by atoms with van der Waals surface area (Å²) in [6, 6.07) is 26.1. The van der Waals surface area contributed by atoms with Crippen molar-refractivity contribution in [3.05, 3.63) is 166 Å². The number of aliphatic imine (C=N–C) groups is 1. The number of hydrogen-bond acceptors (Lipinski definition) is 10. The van der Waals surface area contributed by atoms with E-state index >= 15 is 0 Å². The number of aliphatic carboxylic acids is 1. The molecule has 1 aliphatic heterocycles. The number of carbonyl (C=O) groups is 2. The minimum atomic E-state index is -1.06. The van der Waals surface area contributed by atoms with Gasteiger partial charge < -0.3 is 21.0 Å². The Morgan fingerprint density at radius 1 is 0.754 bits per heavy atom. The van der Waals surface area contributed by atoms with Crippen molar-refractivity contribution in [2.24, 2.45) is 10.9 Å². The van der Waals surface area contributed by atoms with Crippen LogP contribution >= 0.6 is 47.1 Å². The summed E-state index contributed by atoms with van der Waals surface area (Å²) in [6.45, 7) is 3.84. The molecule has 0 bridgehead atoms. The van der Waals surface area contributed by atoms with E-state index in [9.17, 15) is 9.59 Å². The number of carboxylic acid groups (broad SMARTS) is 2. The SMILES string of the molecule is C=Cc1ccnc(-c2cc(/C=C/c3cc(-c4cccs4)cc(-c4cccs4)c3)ccn2)c1.O=C(O)c1ccnc(C2=NC=CC(C(=O)O)C2)c1.[N-]=C=S.[N-]=C=S.[Ru+2]. The van der Waals surface area contributed by atoms with E-state index in [1.807, 2.05) is 30.5 Å². The minimum Gasteiger partial charge on any atom is -0.753 e. The van der Waals surface area contributed by atoms with E-state index in [0.717, 1.165) is 22.5 Å². The van der Waals surface area contributed by atoms with Crippen LogP contribution in [0, 0.1) is 5.92 Å². The third-order valence-corrected chi connectivity index (χ3v) is 9.52. The van der Waals surface area contributed by atoms with Gasteiger partial charge in [0.25, 0.3) is 0 Å². The van der Waals surface area contributed by atoms with Crippen LogP contribution in [0.5, 0.6) is 0 Å². The molecule has 2 N–H and O–H groups in total. The van der Waals surface area contributed by atoms with Gasteiger partial charge in [-0.05, 0) is 105 Å². The Hall–Kier alpha value is -5.88. The van der Waals surface area contributed by atoms with E-state index in [4.69, 9.17) is 21.0 Å². The number of benzene rings is 1. The molecule has 7 rings (SSSR count). The second-order valence-electron chi connectivity index (χ2n) is 11.3. The molecule has 0 aliphatic carbocycles. The number of aromatic carboxylic acids is 1. The molecule has 284 valence electrons. The number of hydrogen-bond donors (Lipinski definition) is 2. The Labute approximate surface area is 360 Å². The fourth-order valence-electron chi connectivity index (χ4n) is 5.14. The van der Waals surface area contributed by atoms with E-state index < -0.39 is 17.9 Å². The van der Waals surface area contributed by atoms with Crippen LogP contribution in [0.15, 0.2) is 132 Å². The molecule has 0 radical (unpaired) electrons. The smallest absolute Gasteiger partial charge is 0.753 e. The van der Waals surface area contributed by atoms with Gasteiger partial charge in [-0.1, -0.05) is 67.5 Å². The number of pyridine rings is 3. The molecule has 1 unspecified atom stereocenters. The summed E-state index contributed by atoms with van der Waals surface area (Å²) in [6.07, 6.45) is 14.2. The van der Waals surface area contributed by atoms with Crippen LogP contribution in [0.2, 0.25) is 0 Å². The first-order valence-corrected chi connectivity index (χ1v) is 18.9. The first-order chi connectivity index (χ1) is 27.2. The molecular weight excluding hydrogens is 882 g/mol. The molecular formula is C42H30N6O4RuS4. The molecule has 0 saturated heterocycles. The maximum absolute atomic E-state index is 10.9. The number of thiocarbonyl (C=S) groups is 2. The van der Waals surface area contributed by atoms with Crippen LogP contribution in [-0.4, -0.2) is 53.1 Å². The molecule has 0 amide bonds. The number of rotatable bonds is 9. The van der Waals surface area contributed by atoms with Gasteiger partial charge in [0.05, 0.1) is 34.3 Å². The van der Waals surface area contributed by atoms with Gasteiger partial charge in [-0.3, -0.25) is 24.7 Å². The van der Waals surface area contributed by atoms with Gasteiger partial charge in [0.1, 0.15) is 0 Å². The normalized spacial score (nSPS) is 12.3. The second kappa shape index (κ2) is 23.9. The van der Waals surface area contributed by atoms with Crippen molar-refractivity contribution < 1.29 is 39.3 Å². The van der Waals surface area contributed by atoms with Crippen LogP contribution in [0.4, 0.5) is 0 Å². The van der Waals surface area contributed by atoms with Gasteiger partial charge in [-0.2, -0.15) is 10.3 Å². The average molecular weight is 912 g/mol. The Morgan fingerprint density at radius 2 is 1.28 bits per heavy atom. The van der Waals surface area contributed by atoms with Crippen molar-refractivity contribution in [3.8, 4) is 32.3 Å².